The van der Waals surface area contributed by atoms with Crippen LogP contribution in [0.3, 0.4) is 0 Å². The molecular weight excluding hydrogens is 180 g/mol. The zero-order valence-electron chi connectivity index (χ0n) is 8.29. The molecule has 14 heavy (non-hydrogen) atoms. The molecule has 0 aromatic carbocycles. The van der Waals surface area contributed by atoms with E-state index in [1.165, 1.54) is 6.08 Å². The van der Waals surface area contributed by atoms with Crippen molar-refractivity contribution in [2.24, 2.45) is 5.73 Å². The van der Waals surface area contributed by atoms with Crippen molar-refractivity contribution in [2.45, 2.75) is 20.4 Å². The standard InChI is InChI=1S/C9H14N4O/c1-6-8(7(2)14-13-6)5-12-4-3-9(10)11/h3-4,12H,5H2,1-2H3,(H3,10,11)/b4-3-. The zero-order chi connectivity index (χ0) is 10.6. The maximum Gasteiger partial charge on any atom is 0.138 e. The van der Waals surface area contributed by atoms with E-state index in [2.05, 4.69) is 10.5 Å². The molecule has 0 amide bonds. The SMILES string of the molecule is Cc1noc(C)c1CN/C=C\C(=N)N. The third-order valence-electron chi connectivity index (χ3n) is 1.84. The lowest BCUT2D eigenvalue weighted by molar-refractivity contribution is 0.392. The van der Waals surface area contributed by atoms with Gasteiger partial charge in [0.05, 0.1) is 5.69 Å². The number of nitrogens with zero attached hydrogens (tertiary/aromatic N) is 1. The van der Waals surface area contributed by atoms with E-state index in [1.54, 1.807) is 6.20 Å². The highest BCUT2D eigenvalue weighted by molar-refractivity contribution is 5.88. The van der Waals surface area contributed by atoms with E-state index in [1.807, 2.05) is 13.8 Å². The van der Waals surface area contributed by atoms with Gasteiger partial charge < -0.3 is 15.6 Å². The van der Waals surface area contributed by atoms with Gasteiger partial charge in [-0.1, -0.05) is 5.16 Å². The first-order chi connectivity index (χ1) is 6.61. The lowest BCUT2D eigenvalue weighted by atomic mass is 10.2. The Kier molecular flexibility index (Phi) is 3.28. The molecule has 5 heteroatoms. The van der Waals surface area contributed by atoms with Gasteiger partial charge in [-0.2, -0.15) is 0 Å². The fraction of sp³-hybridized carbons (Fsp3) is 0.333. The summed E-state index contributed by atoms with van der Waals surface area (Å²) in [7, 11) is 0. The van der Waals surface area contributed by atoms with Crippen LogP contribution in [0, 0.1) is 19.3 Å². The van der Waals surface area contributed by atoms with E-state index in [0.717, 1.165) is 17.0 Å². The minimum absolute atomic E-state index is 0.0243. The van der Waals surface area contributed by atoms with Gasteiger partial charge in [-0.3, -0.25) is 5.41 Å². The number of hydrogen-bond donors (Lipinski definition) is 3. The van der Waals surface area contributed by atoms with E-state index >= 15 is 0 Å². The normalized spacial score (nSPS) is 10.7. The van der Waals surface area contributed by atoms with Crippen molar-refractivity contribution in [2.75, 3.05) is 0 Å². The summed E-state index contributed by atoms with van der Waals surface area (Å²) in [5.41, 5.74) is 7.06. The number of rotatable bonds is 4. The molecular formula is C9H14N4O. The molecule has 5 nitrogen and oxygen atoms in total. The molecule has 1 aromatic rings. The van der Waals surface area contributed by atoms with Crippen molar-refractivity contribution < 1.29 is 4.52 Å². The van der Waals surface area contributed by atoms with Crippen LogP contribution in [0.4, 0.5) is 0 Å². The van der Waals surface area contributed by atoms with Crippen molar-refractivity contribution in [3.8, 4) is 0 Å². The van der Waals surface area contributed by atoms with Crippen LogP contribution in [-0.4, -0.2) is 11.0 Å². The van der Waals surface area contributed by atoms with Gasteiger partial charge >= 0.3 is 0 Å². The fourth-order valence-electron chi connectivity index (χ4n) is 1.06. The molecule has 0 saturated carbocycles. The molecule has 0 bridgehead atoms. The minimum atomic E-state index is 0.0243. The van der Waals surface area contributed by atoms with Crippen LogP contribution in [0.1, 0.15) is 17.0 Å². The average molecular weight is 194 g/mol. The van der Waals surface area contributed by atoms with Crippen LogP contribution in [0.15, 0.2) is 16.8 Å². The Morgan fingerprint density at radius 1 is 1.64 bits per heavy atom. The molecule has 0 aliphatic rings. The Morgan fingerprint density at radius 3 is 2.86 bits per heavy atom. The van der Waals surface area contributed by atoms with E-state index in [-0.39, 0.29) is 5.84 Å². The first kappa shape index (κ1) is 10.3. The average Bonchev–Trinajstić information content (AvgIpc) is 2.42. The van der Waals surface area contributed by atoms with Gasteiger partial charge in [0, 0.05) is 18.3 Å². The molecule has 0 unspecified atom stereocenters. The summed E-state index contributed by atoms with van der Waals surface area (Å²) in [6.45, 7) is 4.39. The molecule has 1 rings (SSSR count). The van der Waals surface area contributed by atoms with Crippen molar-refractivity contribution in [3.63, 3.8) is 0 Å². The molecule has 0 atom stereocenters. The molecule has 0 aliphatic carbocycles. The molecule has 1 aromatic heterocycles. The first-order valence-corrected chi connectivity index (χ1v) is 4.27. The van der Waals surface area contributed by atoms with Crippen LogP contribution in [0.5, 0.6) is 0 Å². The van der Waals surface area contributed by atoms with E-state index in [9.17, 15) is 0 Å². The Bertz CT molecular complexity index is 334. The van der Waals surface area contributed by atoms with Crippen molar-refractivity contribution in [1.29, 1.82) is 5.41 Å². The van der Waals surface area contributed by atoms with Crippen LogP contribution >= 0.6 is 0 Å². The fourth-order valence-corrected chi connectivity index (χ4v) is 1.06. The summed E-state index contributed by atoms with van der Waals surface area (Å²) in [5, 5.41) is 13.8. The molecule has 76 valence electrons. The molecule has 0 saturated heterocycles. The van der Waals surface area contributed by atoms with Gasteiger partial charge in [-0.25, -0.2) is 0 Å². The topological polar surface area (TPSA) is 87.9 Å². The molecule has 0 fully saturated rings. The summed E-state index contributed by atoms with van der Waals surface area (Å²) >= 11 is 0. The maximum absolute atomic E-state index is 6.95. The molecule has 0 radical (unpaired) electrons. The second kappa shape index (κ2) is 4.45. The van der Waals surface area contributed by atoms with E-state index in [0.29, 0.717) is 6.54 Å². The Labute approximate surface area is 82.5 Å². The van der Waals surface area contributed by atoms with Crippen LogP contribution < -0.4 is 11.1 Å². The summed E-state index contributed by atoms with van der Waals surface area (Å²) in [6, 6.07) is 0. The summed E-state index contributed by atoms with van der Waals surface area (Å²) in [5.74, 6) is 0.836. The van der Waals surface area contributed by atoms with Gasteiger partial charge in [-0.05, 0) is 19.9 Å². The third-order valence-corrected chi connectivity index (χ3v) is 1.84. The number of nitrogens with two attached hydrogens (primary N) is 1. The highest BCUT2D eigenvalue weighted by Crippen LogP contribution is 2.11. The number of nitrogens with one attached hydrogen (secondary N) is 2. The van der Waals surface area contributed by atoms with E-state index in [4.69, 9.17) is 15.7 Å². The van der Waals surface area contributed by atoms with Gasteiger partial charge in [0.25, 0.3) is 0 Å². The monoisotopic (exact) mass is 194 g/mol. The largest absolute Gasteiger partial charge is 0.387 e. The number of aryl methyl sites for hydroxylation is 2. The highest BCUT2D eigenvalue weighted by Gasteiger charge is 2.06. The predicted octanol–water partition coefficient (Wildman–Crippen LogP) is 0.831. The summed E-state index contributed by atoms with van der Waals surface area (Å²) in [4.78, 5) is 0. The molecule has 0 aliphatic heterocycles. The highest BCUT2D eigenvalue weighted by atomic mass is 16.5. The molecule has 4 N–H and O–H groups in total. The van der Waals surface area contributed by atoms with Gasteiger partial charge in [0.15, 0.2) is 0 Å². The van der Waals surface area contributed by atoms with Crippen LogP contribution in [0.25, 0.3) is 0 Å². The Morgan fingerprint density at radius 2 is 2.36 bits per heavy atom. The number of aromatic nitrogens is 1. The lowest BCUT2D eigenvalue weighted by Gasteiger charge is -1.98. The summed E-state index contributed by atoms with van der Waals surface area (Å²) in [6.07, 6.45) is 3.12. The number of amidine groups is 1. The Balaban J connectivity index is 2.50. The quantitative estimate of drug-likeness (QED) is 0.489. The third kappa shape index (κ3) is 2.62. The zero-order valence-corrected chi connectivity index (χ0v) is 8.29. The summed E-state index contributed by atoms with van der Waals surface area (Å²) < 4.78 is 4.99. The van der Waals surface area contributed by atoms with Crippen LogP contribution in [-0.2, 0) is 6.54 Å². The lowest BCUT2D eigenvalue weighted by Crippen LogP contribution is -2.10. The second-order valence-electron chi connectivity index (χ2n) is 2.97. The Hall–Kier alpha value is -1.78. The predicted molar refractivity (Wildman–Crippen MR) is 53.9 cm³/mol. The smallest absolute Gasteiger partial charge is 0.138 e. The van der Waals surface area contributed by atoms with Crippen molar-refractivity contribution in [3.05, 3.63) is 29.3 Å². The van der Waals surface area contributed by atoms with Crippen LogP contribution in [0.2, 0.25) is 0 Å². The number of hydrogen-bond acceptors (Lipinski definition) is 4. The van der Waals surface area contributed by atoms with E-state index < -0.39 is 0 Å². The molecule has 1 heterocycles. The first-order valence-electron chi connectivity index (χ1n) is 4.27. The maximum atomic E-state index is 6.95. The van der Waals surface area contributed by atoms with Crippen molar-refractivity contribution >= 4 is 5.84 Å². The second-order valence-corrected chi connectivity index (χ2v) is 2.97. The van der Waals surface area contributed by atoms with Gasteiger partial charge in [-0.15, -0.1) is 0 Å². The minimum Gasteiger partial charge on any atom is -0.387 e. The molecule has 0 spiro atoms. The van der Waals surface area contributed by atoms with Gasteiger partial charge in [0.1, 0.15) is 11.6 Å². The van der Waals surface area contributed by atoms with Gasteiger partial charge in [0.2, 0.25) is 0 Å². The van der Waals surface area contributed by atoms with Crippen molar-refractivity contribution in [1.82, 2.24) is 10.5 Å².